The quantitative estimate of drug-likeness (QED) is 0.759. The first kappa shape index (κ1) is 9.32. The molecule has 2 heterocycles. The molecule has 0 atom stereocenters. The van der Waals surface area contributed by atoms with E-state index in [1.54, 1.807) is 6.20 Å². The second kappa shape index (κ2) is 3.87. The highest BCUT2D eigenvalue weighted by atomic mass is 16.4. The molecule has 2 N–H and O–H groups in total. The van der Waals surface area contributed by atoms with Crippen molar-refractivity contribution >= 4 is 5.97 Å². The SMILES string of the molecule is O=C(O)c1cc(Cc2cc[nH]n2)ncn1. The Balaban J connectivity index is 2.22. The van der Waals surface area contributed by atoms with Gasteiger partial charge < -0.3 is 5.11 Å². The Kier molecular flexibility index (Phi) is 2.40. The van der Waals surface area contributed by atoms with Gasteiger partial charge in [-0.2, -0.15) is 5.10 Å². The average molecular weight is 204 g/mol. The lowest BCUT2D eigenvalue weighted by Gasteiger charge is -1.98. The summed E-state index contributed by atoms with van der Waals surface area (Å²) in [5, 5.41) is 15.4. The maximum Gasteiger partial charge on any atom is 0.354 e. The summed E-state index contributed by atoms with van der Waals surface area (Å²) in [7, 11) is 0. The molecule has 0 unspecified atom stereocenters. The summed E-state index contributed by atoms with van der Waals surface area (Å²) in [5.41, 5.74) is 1.44. The lowest BCUT2D eigenvalue weighted by atomic mass is 10.2. The molecular weight excluding hydrogens is 196 g/mol. The van der Waals surface area contributed by atoms with Crippen LogP contribution in [0.1, 0.15) is 21.9 Å². The zero-order valence-electron chi connectivity index (χ0n) is 7.71. The molecule has 0 aliphatic carbocycles. The lowest BCUT2D eigenvalue weighted by Crippen LogP contribution is -2.03. The minimum absolute atomic E-state index is 0.00413. The van der Waals surface area contributed by atoms with E-state index in [0.29, 0.717) is 12.1 Å². The number of nitrogens with one attached hydrogen (secondary N) is 1. The molecule has 6 nitrogen and oxygen atoms in total. The van der Waals surface area contributed by atoms with Crippen molar-refractivity contribution in [2.75, 3.05) is 0 Å². The molecule has 0 aromatic carbocycles. The van der Waals surface area contributed by atoms with E-state index in [2.05, 4.69) is 20.2 Å². The third-order valence-electron chi connectivity index (χ3n) is 1.86. The number of hydrogen-bond donors (Lipinski definition) is 2. The molecular formula is C9H8N4O2. The summed E-state index contributed by atoms with van der Waals surface area (Å²) in [6, 6.07) is 3.25. The van der Waals surface area contributed by atoms with Gasteiger partial charge in [-0.1, -0.05) is 0 Å². The van der Waals surface area contributed by atoms with Crippen molar-refractivity contribution in [2.45, 2.75) is 6.42 Å². The Morgan fingerprint density at radius 2 is 2.27 bits per heavy atom. The summed E-state index contributed by atoms with van der Waals surface area (Å²) in [4.78, 5) is 18.2. The van der Waals surface area contributed by atoms with Crippen LogP contribution in [-0.2, 0) is 6.42 Å². The van der Waals surface area contributed by atoms with Gasteiger partial charge in [0.1, 0.15) is 6.33 Å². The summed E-state index contributed by atoms with van der Waals surface area (Å²) >= 11 is 0. The van der Waals surface area contributed by atoms with Crippen molar-refractivity contribution in [1.82, 2.24) is 20.2 Å². The second-order valence-corrected chi connectivity index (χ2v) is 2.94. The second-order valence-electron chi connectivity index (χ2n) is 2.94. The molecule has 2 aromatic heterocycles. The van der Waals surface area contributed by atoms with Gasteiger partial charge in [-0.05, 0) is 12.1 Å². The predicted molar refractivity (Wildman–Crippen MR) is 50.4 cm³/mol. The molecule has 76 valence electrons. The topological polar surface area (TPSA) is 91.8 Å². The minimum atomic E-state index is -1.05. The van der Waals surface area contributed by atoms with Crippen LogP contribution in [0.15, 0.2) is 24.7 Å². The molecule has 0 saturated heterocycles. The first-order valence-corrected chi connectivity index (χ1v) is 4.28. The van der Waals surface area contributed by atoms with Crippen molar-refractivity contribution in [3.63, 3.8) is 0 Å². The zero-order valence-corrected chi connectivity index (χ0v) is 7.71. The van der Waals surface area contributed by atoms with Crippen LogP contribution in [0.2, 0.25) is 0 Å². The molecule has 15 heavy (non-hydrogen) atoms. The standard InChI is InChI=1S/C9H8N4O2/c14-9(15)8-4-7(10-5-11-8)3-6-1-2-12-13-6/h1-2,4-5H,3H2,(H,12,13)(H,14,15). The van der Waals surface area contributed by atoms with Gasteiger partial charge in [0, 0.05) is 12.6 Å². The predicted octanol–water partition coefficient (Wildman–Crippen LogP) is 0.489. The van der Waals surface area contributed by atoms with Crippen LogP contribution >= 0.6 is 0 Å². The first-order valence-electron chi connectivity index (χ1n) is 4.28. The van der Waals surface area contributed by atoms with Crippen molar-refractivity contribution in [1.29, 1.82) is 0 Å². The van der Waals surface area contributed by atoms with Gasteiger partial charge in [-0.15, -0.1) is 0 Å². The molecule has 0 aliphatic rings. The summed E-state index contributed by atoms with van der Waals surface area (Å²) in [5.74, 6) is -1.05. The fraction of sp³-hybridized carbons (Fsp3) is 0.111. The maximum absolute atomic E-state index is 10.6. The number of hydrogen-bond acceptors (Lipinski definition) is 4. The fourth-order valence-corrected chi connectivity index (χ4v) is 1.19. The van der Waals surface area contributed by atoms with Crippen LogP contribution in [0, 0.1) is 0 Å². The van der Waals surface area contributed by atoms with Crippen molar-refractivity contribution in [2.24, 2.45) is 0 Å². The summed E-state index contributed by atoms with van der Waals surface area (Å²) < 4.78 is 0. The highest BCUT2D eigenvalue weighted by Crippen LogP contribution is 2.04. The Labute approximate surface area is 85.0 Å². The van der Waals surface area contributed by atoms with E-state index in [-0.39, 0.29) is 5.69 Å². The van der Waals surface area contributed by atoms with Gasteiger partial charge >= 0.3 is 5.97 Å². The molecule has 0 spiro atoms. The van der Waals surface area contributed by atoms with Crippen LogP contribution in [0.3, 0.4) is 0 Å². The normalized spacial score (nSPS) is 10.1. The number of carboxylic acid groups (broad SMARTS) is 1. The molecule has 0 bridgehead atoms. The minimum Gasteiger partial charge on any atom is -0.477 e. The van der Waals surface area contributed by atoms with Crippen LogP contribution in [0.5, 0.6) is 0 Å². The van der Waals surface area contributed by atoms with E-state index in [1.165, 1.54) is 12.4 Å². The highest BCUT2D eigenvalue weighted by Gasteiger charge is 2.06. The number of nitrogens with zero attached hydrogens (tertiary/aromatic N) is 3. The van der Waals surface area contributed by atoms with Gasteiger partial charge in [-0.3, -0.25) is 5.10 Å². The Morgan fingerprint density at radius 3 is 2.93 bits per heavy atom. The first-order chi connectivity index (χ1) is 7.25. The third-order valence-corrected chi connectivity index (χ3v) is 1.86. The van der Waals surface area contributed by atoms with E-state index in [0.717, 1.165) is 5.69 Å². The summed E-state index contributed by atoms with van der Waals surface area (Å²) in [6.45, 7) is 0. The van der Waals surface area contributed by atoms with E-state index >= 15 is 0 Å². The van der Waals surface area contributed by atoms with Crippen molar-refractivity contribution in [3.05, 3.63) is 41.7 Å². The van der Waals surface area contributed by atoms with Gasteiger partial charge in [0.15, 0.2) is 5.69 Å². The van der Waals surface area contributed by atoms with Gasteiger partial charge in [0.2, 0.25) is 0 Å². The number of H-pyrrole nitrogens is 1. The van der Waals surface area contributed by atoms with E-state index in [9.17, 15) is 4.79 Å². The van der Waals surface area contributed by atoms with Crippen molar-refractivity contribution < 1.29 is 9.90 Å². The number of aromatic nitrogens is 4. The Morgan fingerprint density at radius 1 is 1.40 bits per heavy atom. The molecule has 6 heteroatoms. The molecule has 0 saturated carbocycles. The molecule has 0 amide bonds. The van der Waals surface area contributed by atoms with E-state index in [4.69, 9.17) is 5.11 Å². The smallest absolute Gasteiger partial charge is 0.354 e. The van der Waals surface area contributed by atoms with Crippen LogP contribution < -0.4 is 0 Å². The molecule has 2 aromatic rings. The molecule has 0 radical (unpaired) electrons. The fourth-order valence-electron chi connectivity index (χ4n) is 1.19. The number of rotatable bonds is 3. The number of aromatic amines is 1. The van der Waals surface area contributed by atoms with Crippen LogP contribution in [-0.4, -0.2) is 31.2 Å². The maximum atomic E-state index is 10.6. The molecule has 0 aliphatic heterocycles. The Bertz CT molecular complexity index is 467. The van der Waals surface area contributed by atoms with E-state index < -0.39 is 5.97 Å². The number of carboxylic acids is 1. The van der Waals surface area contributed by atoms with E-state index in [1.807, 2.05) is 6.07 Å². The van der Waals surface area contributed by atoms with Crippen molar-refractivity contribution in [3.8, 4) is 0 Å². The van der Waals surface area contributed by atoms with Gasteiger partial charge in [0.25, 0.3) is 0 Å². The highest BCUT2D eigenvalue weighted by molar-refractivity contribution is 5.85. The summed E-state index contributed by atoms with van der Waals surface area (Å²) in [6.07, 6.45) is 3.44. The monoisotopic (exact) mass is 204 g/mol. The average Bonchev–Trinajstić information content (AvgIpc) is 2.71. The lowest BCUT2D eigenvalue weighted by molar-refractivity contribution is 0.0690. The molecule has 0 fully saturated rings. The molecule has 2 rings (SSSR count). The van der Waals surface area contributed by atoms with Crippen LogP contribution in [0.4, 0.5) is 0 Å². The number of carbonyl (C=O) groups is 1. The zero-order chi connectivity index (χ0) is 10.7. The number of aromatic carboxylic acids is 1. The Hall–Kier alpha value is -2.24. The largest absolute Gasteiger partial charge is 0.477 e. The third kappa shape index (κ3) is 2.16. The van der Waals surface area contributed by atoms with Gasteiger partial charge in [-0.25, -0.2) is 14.8 Å². The van der Waals surface area contributed by atoms with Crippen LogP contribution in [0.25, 0.3) is 0 Å². The van der Waals surface area contributed by atoms with Gasteiger partial charge in [0.05, 0.1) is 11.4 Å².